The first-order chi connectivity index (χ1) is 4.70. The Kier molecular flexibility index (Phi) is 3.36. The molecule has 0 amide bonds. The fourth-order valence-corrected chi connectivity index (χ4v) is 2.24. The zero-order valence-electron chi connectivity index (χ0n) is 6.45. The highest BCUT2D eigenvalue weighted by Crippen LogP contribution is 2.33. The van der Waals surface area contributed by atoms with Gasteiger partial charge in [-0.15, -0.1) is 11.7 Å². The molecule has 10 heavy (non-hydrogen) atoms. The van der Waals surface area contributed by atoms with Gasteiger partial charge in [-0.1, -0.05) is 0 Å². The van der Waals surface area contributed by atoms with Crippen LogP contribution in [-0.2, 0) is 4.74 Å². The zero-order chi connectivity index (χ0) is 7.56. The fraction of sp³-hybridized carbons (Fsp3) is 1.00. The summed E-state index contributed by atoms with van der Waals surface area (Å²) < 4.78 is 5.52. The van der Waals surface area contributed by atoms with Gasteiger partial charge in [0, 0.05) is 13.1 Å². The van der Waals surface area contributed by atoms with Crippen LogP contribution in [0, 0.1) is 0 Å². The summed E-state index contributed by atoms with van der Waals surface area (Å²) in [5.41, 5.74) is 0.386. The van der Waals surface area contributed by atoms with Crippen LogP contribution < -0.4 is 0 Å². The predicted molar refractivity (Wildman–Crippen MR) is 51.1 cm³/mol. The minimum Gasteiger partial charge on any atom is -0.366 e. The van der Waals surface area contributed by atoms with E-state index in [9.17, 15) is 0 Å². The first-order valence-corrected chi connectivity index (χ1v) is 6.43. The van der Waals surface area contributed by atoms with Crippen molar-refractivity contribution < 1.29 is 4.74 Å². The highest BCUT2D eigenvalue weighted by Gasteiger charge is 2.18. The van der Waals surface area contributed by atoms with Crippen molar-refractivity contribution >= 4 is 21.6 Å². The highest BCUT2D eigenvalue weighted by atomic mass is 33.1. The molecule has 0 spiro atoms. The minimum atomic E-state index is -0.215. The SMILES string of the molecule is CN1CCOC([SH](C)S)C1. The van der Waals surface area contributed by atoms with Crippen LogP contribution in [0.5, 0.6) is 0 Å². The minimum absolute atomic E-state index is 0.215. The summed E-state index contributed by atoms with van der Waals surface area (Å²) in [6.07, 6.45) is 2.14. The van der Waals surface area contributed by atoms with Gasteiger partial charge in [0.25, 0.3) is 0 Å². The Morgan fingerprint density at radius 3 is 2.80 bits per heavy atom. The number of ether oxygens (including phenoxy) is 1. The van der Waals surface area contributed by atoms with Crippen LogP contribution in [0.4, 0.5) is 0 Å². The van der Waals surface area contributed by atoms with E-state index in [0.29, 0.717) is 5.44 Å². The van der Waals surface area contributed by atoms with Crippen molar-refractivity contribution in [1.82, 2.24) is 4.90 Å². The molecule has 1 aliphatic heterocycles. The van der Waals surface area contributed by atoms with Gasteiger partial charge in [-0.2, -0.15) is 9.93 Å². The molecule has 0 aromatic heterocycles. The van der Waals surface area contributed by atoms with E-state index in [2.05, 4.69) is 29.9 Å². The quantitative estimate of drug-likeness (QED) is 0.457. The molecule has 1 saturated heterocycles. The molecular formula is C6H15NOS2. The maximum atomic E-state index is 5.52. The van der Waals surface area contributed by atoms with Crippen molar-refractivity contribution in [1.29, 1.82) is 0 Å². The molecule has 0 bridgehead atoms. The third kappa shape index (κ3) is 2.34. The number of likely N-dealkylation sites (N-methyl/N-ethyl adjacent to an activating group) is 1. The Hall–Kier alpha value is 0.620. The molecule has 0 aromatic carbocycles. The third-order valence-electron chi connectivity index (χ3n) is 1.67. The molecule has 0 saturated carbocycles. The topological polar surface area (TPSA) is 12.5 Å². The van der Waals surface area contributed by atoms with Gasteiger partial charge in [0.05, 0.1) is 6.61 Å². The maximum Gasteiger partial charge on any atom is 0.106 e. The van der Waals surface area contributed by atoms with E-state index in [1.54, 1.807) is 0 Å². The summed E-state index contributed by atoms with van der Waals surface area (Å²) in [7, 11) is 1.91. The van der Waals surface area contributed by atoms with Gasteiger partial charge in [0.2, 0.25) is 0 Å². The molecule has 1 rings (SSSR count). The van der Waals surface area contributed by atoms with E-state index in [-0.39, 0.29) is 9.93 Å². The van der Waals surface area contributed by atoms with E-state index in [1.807, 2.05) is 0 Å². The monoisotopic (exact) mass is 181 g/mol. The number of morpholine rings is 1. The summed E-state index contributed by atoms with van der Waals surface area (Å²) in [4.78, 5) is 2.29. The number of hydrogen-bond acceptors (Lipinski definition) is 3. The molecule has 62 valence electrons. The van der Waals surface area contributed by atoms with Gasteiger partial charge >= 0.3 is 0 Å². The Morgan fingerprint density at radius 1 is 1.70 bits per heavy atom. The highest BCUT2D eigenvalue weighted by molar-refractivity contribution is 8.78. The Balaban J connectivity index is 2.32. The maximum absolute atomic E-state index is 5.52. The second-order valence-electron chi connectivity index (χ2n) is 2.66. The van der Waals surface area contributed by atoms with Crippen LogP contribution in [0.15, 0.2) is 0 Å². The van der Waals surface area contributed by atoms with Crippen LogP contribution in [0.1, 0.15) is 0 Å². The van der Waals surface area contributed by atoms with Gasteiger partial charge < -0.3 is 9.64 Å². The van der Waals surface area contributed by atoms with Gasteiger partial charge in [-0.25, -0.2) is 0 Å². The van der Waals surface area contributed by atoms with Gasteiger partial charge in [-0.3, -0.25) is 0 Å². The van der Waals surface area contributed by atoms with E-state index in [0.717, 1.165) is 19.7 Å². The zero-order valence-corrected chi connectivity index (χ0v) is 8.24. The first-order valence-electron chi connectivity index (χ1n) is 3.42. The van der Waals surface area contributed by atoms with E-state index < -0.39 is 0 Å². The second kappa shape index (κ2) is 3.85. The van der Waals surface area contributed by atoms with Crippen molar-refractivity contribution in [2.24, 2.45) is 0 Å². The molecule has 0 radical (unpaired) electrons. The third-order valence-corrected chi connectivity index (χ3v) is 3.59. The Morgan fingerprint density at radius 2 is 2.40 bits per heavy atom. The molecule has 2 atom stereocenters. The van der Waals surface area contributed by atoms with Crippen molar-refractivity contribution in [3.05, 3.63) is 0 Å². The number of hydrogen-bond donors (Lipinski definition) is 2. The summed E-state index contributed by atoms with van der Waals surface area (Å²) in [6, 6.07) is 0. The van der Waals surface area contributed by atoms with Crippen LogP contribution in [0.2, 0.25) is 0 Å². The van der Waals surface area contributed by atoms with Gasteiger partial charge in [0.15, 0.2) is 0 Å². The van der Waals surface area contributed by atoms with E-state index in [4.69, 9.17) is 4.74 Å². The number of thiol groups is 2. The average molecular weight is 181 g/mol. The lowest BCUT2D eigenvalue weighted by molar-refractivity contribution is 0.0294. The van der Waals surface area contributed by atoms with Crippen LogP contribution in [-0.4, -0.2) is 43.3 Å². The molecule has 0 aliphatic carbocycles. The lowest BCUT2D eigenvalue weighted by atomic mass is 10.5. The number of nitrogens with zero attached hydrogens (tertiary/aromatic N) is 1. The van der Waals surface area contributed by atoms with Crippen molar-refractivity contribution in [3.63, 3.8) is 0 Å². The number of rotatable bonds is 1. The summed E-state index contributed by atoms with van der Waals surface area (Å²) in [5.74, 6) is 0. The van der Waals surface area contributed by atoms with Gasteiger partial charge in [-0.05, 0) is 13.3 Å². The molecular weight excluding hydrogens is 166 g/mol. The van der Waals surface area contributed by atoms with Crippen LogP contribution in [0.25, 0.3) is 0 Å². The lowest BCUT2D eigenvalue weighted by Crippen LogP contribution is -2.39. The molecule has 1 heterocycles. The van der Waals surface area contributed by atoms with Crippen LogP contribution in [0.3, 0.4) is 0 Å². The van der Waals surface area contributed by atoms with E-state index in [1.165, 1.54) is 0 Å². The molecule has 2 nitrogen and oxygen atoms in total. The normalized spacial score (nSPS) is 33.9. The first kappa shape index (κ1) is 8.71. The summed E-state index contributed by atoms with van der Waals surface area (Å²) >= 11 is 4.39. The molecule has 1 fully saturated rings. The Bertz CT molecular complexity index is 110. The molecule has 1 aliphatic rings. The largest absolute Gasteiger partial charge is 0.366 e. The fourth-order valence-electron chi connectivity index (χ4n) is 0.981. The predicted octanol–water partition coefficient (Wildman–Crippen LogP) is 0.750. The standard InChI is InChI=1S/C6H15NOS2/c1-7-3-4-8-6(5-7)10(2)9/h6,9-10H,3-5H2,1-2H3. The van der Waals surface area contributed by atoms with Crippen LogP contribution >= 0.6 is 21.6 Å². The Labute approximate surface area is 70.1 Å². The lowest BCUT2D eigenvalue weighted by Gasteiger charge is -2.33. The summed E-state index contributed by atoms with van der Waals surface area (Å²) in [5, 5.41) is 0. The average Bonchev–Trinajstić information content (AvgIpc) is 1.88. The van der Waals surface area contributed by atoms with Gasteiger partial charge in [0.1, 0.15) is 5.44 Å². The van der Waals surface area contributed by atoms with E-state index >= 15 is 0 Å². The van der Waals surface area contributed by atoms with Crippen molar-refractivity contribution in [2.45, 2.75) is 5.44 Å². The molecule has 2 unspecified atom stereocenters. The molecule has 0 N–H and O–H groups in total. The summed E-state index contributed by atoms with van der Waals surface area (Å²) in [6.45, 7) is 2.98. The molecule has 0 aromatic rings. The van der Waals surface area contributed by atoms with Crippen molar-refractivity contribution in [2.75, 3.05) is 33.0 Å². The molecule has 4 heteroatoms. The van der Waals surface area contributed by atoms with Crippen molar-refractivity contribution in [3.8, 4) is 0 Å². The smallest absolute Gasteiger partial charge is 0.106 e. The second-order valence-corrected chi connectivity index (χ2v) is 6.28.